The average molecular weight is 230 g/mol. The second-order valence-electron chi connectivity index (χ2n) is 3.26. The summed E-state index contributed by atoms with van der Waals surface area (Å²) >= 11 is 0. The number of hydrogen-bond acceptors (Lipinski definition) is 4. The summed E-state index contributed by atoms with van der Waals surface area (Å²) < 4.78 is 0. The quantitative estimate of drug-likeness (QED) is 0.771. The Morgan fingerprint density at radius 1 is 1.41 bits per heavy atom. The summed E-state index contributed by atoms with van der Waals surface area (Å²) in [4.78, 5) is 11.3. The fourth-order valence-electron chi connectivity index (χ4n) is 1.33. The maximum atomic E-state index is 11.3. The van der Waals surface area contributed by atoms with Crippen LogP contribution in [0.2, 0.25) is 0 Å². The molecule has 5 nitrogen and oxygen atoms in total. The van der Waals surface area contributed by atoms with E-state index in [2.05, 4.69) is 10.2 Å². The molecule has 5 heteroatoms. The van der Waals surface area contributed by atoms with E-state index < -0.39 is 0 Å². The van der Waals surface area contributed by atoms with Crippen LogP contribution in [0.25, 0.3) is 10.8 Å². The minimum atomic E-state index is -0.173. The fraction of sp³-hybridized carbons (Fsp3) is 0.250. The lowest BCUT2D eigenvalue weighted by molar-refractivity contribution is 0.900. The molecule has 0 spiro atoms. The van der Waals surface area contributed by atoms with Crippen LogP contribution in [0.15, 0.2) is 29.1 Å². The lowest BCUT2D eigenvalue weighted by atomic mass is 10.1. The molecule has 1 aromatic carbocycles. The molecule has 0 aliphatic carbocycles. The lowest BCUT2D eigenvalue weighted by Gasteiger charge is -2.00. The molecule has 3 N–H and O–H groups in total. The fourth-order valence-corrected chi connectivity index (χ4v) is 1.33. The summed E-state index contributed by atoms with van der Waals surface area (Å²) in [6.45, 7) is 2.15. The van der Waals surface area contributed by atoms with Gasteiger partial charge in [-0.15, -0.1) is 0 Å². The van der Waals surface area contributed by atoms with Crippen molar-refractivity contribution in [1.29, 1.82) is 5.26 Å². The van der Waals surface area contributed by atoms with E-state index >= 15 is 0 Å². The third-order valence-corrected chi connectivity index (χ3v) is 2.13. The van der Waals surface area contributed by atoms with Gasteiger partial charge >= 0.3 is 0 Å². The Hall–Kier alpha value is -2.19. The standard InChI is InChI=1S/C9H9N3O.C3H5N/c10-5-8-6-3-1-2-4-7(6)9(13)12-11-8;1-2-3-4/h1-4H,5,10H2,(H,12,13);2H2,1H3. The lowest BCUT2D eigenvalue weighted by Crippen LogP contribution is -2.12. The minimum Gasteiger partial charge on any atom is -0.325 e. The monoisotopic (exact) mass is 230 g/mol. The molecule has 0 bridgehead atoms. The third kappa shape index (κ3) is 3.13. The number of nitrogens with zero attached hydrogens (tertiary/aromatic N) is 2. The molecule has 0 atom stereocenters. The highest BCUT2D eigenvalue weighted by atomic mass is 16.1. The Labute approximate surface area is 98.9 Å². The van der Waals surface area contributed by atoms with Crippen molar-refractivity contribution in [2.45, 2.75) is 19.9 Å². The number of nitriles is 1. The highest BCUT2D eigenvalue weighted by Crippen LogP contribution is 2.10. The molecular weight excluding hydrogens is 216 g/mol. The van der Waals surface area contributed by atoms with Crippen LogP contribution in [0, 0.1) is 11.3 Å². The van der Waals surface area contributed by atoms with Gasteiger partial charge in [-0.25, -0.2) is 5.10 Å². The van der Waals surface area contributed by atoms with Crippen molar-refractivity contribution in [3.8, 4) is 6.07 Å². The molecular formula is C12H14N4O. The van der Waals surface area contributed by atoms with Crippen molar-refractivity contribution < 1.29 is 0 Å². The summed E-state index contributed by atoms with van der Waals surface area (Å²) in [6.07, 6.45) is 0.625. The number of H-pyrrole nitrogens is 1. The van der Waals surface area contributed by atoms with E-state index in [-0.39, 0.29) is 5.56 Å². The van der Waals surface area contributed by atoms with Gasteiger partial charge in [-0.2, -0.15) is 10.4 Å². The van der Waals surface area contributed by atoms with E-state index in [9.17, 15) is 4.79 Å². The Bertz CT molecular complexity index is 583. The molecule has 88 valence electrons. The van der Waals surface area contributed by atoms with Gasteiger partial charge in [0.25, 0.3) is 5.56 Å². The molecule has 17 heavy (non-hydrogen) atoms. The van der Waals surface area contributed by atoms with Gasteiger partial charge in [-0.05, 0) is 6.07 Å². The van der Waals surface area contributed by atoms with Crippen LogP contribution >= 0.6 is 0 Å². The van der Waals surface area contributed by atoms with Crippen LogP contribution in [0.4, 0.5) is 0 Å². The van der Waals surface area contributed by atoms with Crippen LogP contribution in [0.3, 0.4) is 0 Å². The predicted molar refractivity (Wildman–Crippen MR) is 66.2 cm³/mol. The minimum absolute atomic E-state index is 0.173. The molecule has 1 heterocycles. The van der Waals surface area contributed by atoms with Gasteiger partial charge in [0, 0.05) is 18.4 Å². The summed E-state index contributed by atoms with van der Waals surface area (Å²) in [5.41, 5.74) is 6.03. The van der Waals surface area contributed by atoms with E-state index in [0.29, 0.717) is 18.4 Å². The first-order valence-electron chi connectivity index (χ1n) is 5.27. The van der Waals surface area contributed by atoms with Gasteiger partial charge in [0.05, 0.1) is 17.1 Å². The van der Waals surface area contributed by atoms with Gasteiger partial charge in [0.1, 0.15) is 0 Å². The molecule has 0 saturated heterocycles. The van der Waals surface area contributed by atoms with E-state index in [1.54, 1.807) is 6.07 Å². The zero-order chi connectivity index (χ0) is 12.7. The van der Waals surface area contributed by atoms with Gasteiger partial charge in [-0.1, -0.05) is 25.1 Å². The number of nitrogens with two attached hydrogens (primary N) is 1. The van der Waals surface area contributed by atoms with Crippen molar-refractivity contribution in [3.63, 3.8) is 0 Å². The van der Waals surface area contributed by atoms with Gasteiger partial charge < -0.3 is 5.73 Å². The molecule has 0 aliphatic rings. The van der Waals surface area contributed by atoms with Crippen molar-refractivity contribution in [1.82, 2.24) is 10.2 Å². The van der Waals surface area contributed by atoms with Gasteiger partial charge in [0.2, 0.25) is 0 Å². The topological polar surface area (TPSA) is 95.6 Å². The molecule has 0 fully saturated rings. The summed E-state index contributed by atoms with van der Waals surface area (Å²) in [7, 11) is 0. The number of aromatic nitrogens is 2. The van der Waals surface area contributed by atoms with E-state index in [4.69, 9.17) is 11.0 Å². The second kappa shape index (κ2) is 6.40. The maximum Gasteiger partial charge on any atom is 0.272 e. The SMILES string of the molecule is CCC#N.NCc1n[nH]c(=O)c2ccccc12. The van der Waals surface area contributed by atoms with Crippen LogP contribution in [-0.4, -0.2) is 10.2 Å². The highest BCUT2D eigenvalue weighted by Gasteiger charge is 2.02. The molecule has 0 amide bonds. The van der Waals surface area contributed by atoms with Crippen LogP contribution < -0.4 is 11.3 Å². The van der Waals surface area contributed by atoms with Crippen molar-refractivity contribution in [3.05, 3.63) is 40.3 Å². The predicted octanol–water partition coefficient (Wildman–Crippen LogP) is 1.30. The number of nitrogens with one attached hydrogen (secondary N) is 1. The summed E-state index contributed by atoms with van der Waals surface area (Å²) in [5, 5.41) is 15.4. The normalized spacial score (nSPS) is 9.24. The second-order valence-corrected chi connectivity index (χ2v) is 3.26. The van der Waals surface area contributed by atoms with E-state index in [1.807, 2.05) is 31.2 Å². The van der Waals surface area contributed by atoms with Crippen LogP contribution in [-0.2, 0) is 6.54 Å². The van der Waals surface area contributed by atoms with Gasteiger partial charge in [0.15, 0.2) is 0 Å². The number of aromatic amines is 1. The maximum absolute atomic E-state index is 11.3. The Morgan fingerprint density at radius 2 is 2.00 bits per heavy atom. The summed E-state index contributed by atoms with van der Waals surface area (Å²) in [5.74, 6) is 0. The molecule has 1 aromatic heterocycles. The first kappa shape index (κ1) is 12.9. The Balaban J connectivity index is 0.000000317. The highest BCUT2D eigenvalue weighted by molar-refractivity contribution is 5.83. The van der Waals surface area contributed by atoms with Crippen LogP contribution in [0.5, 0.6) is 0 Å². The van der Waals surface area contributed by atoms with E-state index in [0.717, 1.165) is 11.1 Å². The first-order chi connectivity index (χ1) is 8.24. The molecule has 0 saturated carbocycles. The Morgan fingerprint density at radius 3 is 2.53 bits per heavy atom. The number of benzene rings is 1. The first-order valence-corrected chi connectivity index (χ1v) is 5.27. The number of fused-ring (bicyclic) bond motifs is 1. The zero-order valence-corrected chi connectivity index (χ0v) is 9.60. The smallest absolute Gasteiger partial charge is 0.272 e. The van der Waals surface area contributed by atoms with Crippen LogP contribution in [0.1, 0.15) is 19.0 Å². The molecule has 0 radical (unpaired) electrons. The largest absolute Gasteiger partial charge is 0.325 e. The zero-order valence-electron chi connectivity index (χ0n) is 9.60. The molecule has 0 aliphatic heterocycles. The van der Waals surface area contributed by atoms with Crippen molar-refractivity contribution in [2.24, 2.45) is 5.73 Å². The Kier molecular flexibility index (Phi) is 4.85. The number of rotatable bonds is 1. The average Bonchev–Trinajstić information content (AvgIpc) is 2.40. The van der Waals surface area contributed by atoms with E-state index in [1.165, 1.54) is 0 Å². The summed E-state index contributed by atoms with van der Waals surface area (Å²) in [6, 6.07) is 9.22. The third-order valence-electron chi connectivity index (χ3n) is 2.13. The molecule has 0 unspecified atom stereocenters. The van der Waals surface area contributed by atoms with Crippen molar-refractivity contribution >= 4 is 10.8 Å². The molecule has 2 aromatic rings. The number of hydrogen-bond donors (Lipinski definition) is 2. The molecule has 2 rings (SSSR count). The van der Waals surface area contributed by atoms with Gasteiger partial charge in [-0.3, -0.25) is 4.79 Å². The van der Waals surface area contributed by atoms with Crippen molar-refractivity contribution in [2.75, 3.05) is 0 Å².